The Kier molecular flexibility index (Phi) is 3.16. The number of aromatic nitrogens is 1. The molecule has 62 valence electrons. The van der Waals surface area contributed by atoms with Crippen LogP contribution in [0.1, 0.15) is 25.1 Å². The van der Waals surface area contributed by atoms with Crippen molar-refractivity contribution >= 4 is 31.9 Å². The van der Waals surface area contributed by atoms with Crippen LogP contribution in [0.5, 0.6) is 0 Å². The molecule has 0 aliphatic heterocycles. The zero-order valence-corrected chi connectivity index (χ0v) is 9.37. The van der Waals surface area contributed by atoms with E-state index >= 15 is 0 Å². The van der Waals surface area contributed by atoms with Gasteiger partial charge in [-0.05, 0) is 44.3 Å². The van der Waals surface area contributed by atoms with Crippen molar-refractivity contribution in [3.63, 3.8) is 0 Å². The Labute approximate surface area is 82.8 Å². The van der Waals surface area contributed by atoms with E-state index < -0.39 is 0 Å². The summed E-state index contributed by atoms with van der Waals surface area (Å²) in [7, 11) is 0. The third-order valence-electron chi connectivity index (χ3n) is 1.59. The molecule has 0 aliphatic carbocycles. The number of nitrogens with one attached hydrogen (secondary N) is 1. The average molecular weight is 282 g/mol. The van der Waals surface area contributed by atoms with Gasteiger partial charge >= 0.3 is 0 Å². The van der Waals surface area contributed by atoms with Gasteiger partial charge in [-0.1, -0.05) is 6.92 Å². The zero-order chi connectivity index (χ0) is 8.43. The van der Waals surface area contributed by atoms with Gasteiger partial charge < -0.3 is 10.7 Å². The Balaban J connectivity index is 2.88. The molecule has 0 aromatic carbocycles. The Morgan fingerprint density at radius 1 is 1.64 bits per heavy atom. The van der Waals surface area contributed by atoms with Crippen molar-refractivity contribution in [2.75, 3.05) is 0 Å². The topological polar surface area (TPSA) is 41.8 Å². The maximum absolute atomic E-state index is 5.80. The van der Waals surface area contributed by atoms with Crippen LogP contribution < -0.4 is 5.73 Å². The lowest BCUT2D eigenvalue weighted by atomic mass is 10.2. The summed E-state index contributed by atoms with van der Waals surface area (Å²) in [6, 6.07) is 2.11. The summed E-state index contributed by atoms with van der Waals surface area (Å²) in [6.07, 6.45) is 0.944. The molecule has 0 spiro atoms. The lowest BCUT2D eigenvalue weighted by Gasteiger charge is -2.03. The molecule has 1 aromatic rings. The maximum atomic E-state index is 5.80. The van der Waals surface area contributed by atoms with E-state index in [9.17, 15) is 0 Å². The van der Waals surface area contributed by atoms with Crippen LogP contribution in [0.25, 0.3) is 0 Å². The SMILES string of the molecule is CC[C@H](N)c1cc(Br)c(Br)[nH]1. The predicted octanol–water partition coefficient (Wildman–Crippen LogP) is 2.95. The van der Waals surface area contributed by atoms with Crippen molar-refractivity contribution in [1.29, 1.82) is 0 Å². The second kappa shape index (κ2) is 3.74. The van der Waals surface area contributed by atoms with E-state index in [1.165, 1.54) is 0 Å². The molecule has 4 heteroatoms. The van der Waals surface area contributed by atoms with Gasteiger partial charge in [0.1, 0.15) is 0 Å². The smallest absolute Gasteiger partial charge is 0.0966 e. The summed E-state index contributed by atoms with van der Waals surface area (Å²) in [4.78, 5) is 3.14. The van der Waals surface area contributed by atoms with Crippen molar-refractivity contribution in [1.82, 2.24) is 4.98 Å². The van der Waals surface area contributed by atoms with Crippen LogP contribution in [0, 0.1) is 0 Å². The maximum Gasteiger partial charge on any atom is 0.0966 e. The molecule has 0 amide bonds. The number of nitrogens with two attached hydrogens (primary N) is 1. The molecule has 1 aromatic heterocycles. The molecule has 0 fully saturated rings. The number of hydrogen-bond acceptors (Lipinski definition) is 1. The van der Waals surface area contributed by atoms with Gasteiger partial charge in [0, 0.05) is 16.2 Å². The summed E-state index contributed by atoms with van der Waals surface area (Å²) >= 11 is 6.74. The van der Waals surface area contributed by atoms with Gasteiger partial charge in [0.25, 0.3) is 0 Å². The second-order valence-corrected chi connectivity index (χ2v) is 4.05. The van der Waals surface area contributed by atoms with Crippen molar-refractivity contribution in [3.05, 3.63) is 20.8 Å². The van der Waals surface area contributed by atoms with Gasteiger partial charge in [0.2, 0.25) is 0 Å². The number of hydrogen-bond donors (Lipinski definition) is 2. The second-order valence-electron chi connectivity index (χ2n) is 2.40. The highest BCUT2D eigenvalue weighted by Crippen LogP contribution is 2.26. The minimum absolute atomic E-state index is 0.109. The lowest BCUT2D eigenvalue weighted by molar-refractivity contribution is 0.679. The highest BCUT2D eigenvalue weighted by molar-refractivity contribution is 9.13. The van der Waals surface area contributed by atoms with Crippen LogP contribution in [-0.2, 0) is 0 Å². The quantitative estimate of drug-likeness (QED) is 0.860. The van der Waals surface area contributed by atoms with E-state index in [-0.39, 0.29) is 6.04 Å². The van der Waals surface area contributed by atoms with E-state index in [1.807, 2.05) is 6.07 Å². The lowest BCUT2D eigenvalue weighted by Crippen LogP contribution is -2.08. The highest BCUT2D eigenvalue weighted by Gasteiger charge is 2.07. The van der Waals surface area contributed by atoms with Crippen LogP contribution in [0.3, 0.4) is 0 Å². The molecule has 11 heavy (non-hydrogen) atoms. The highest BCUT2D eigenvalue weighted by atomic mass is 79.9. The first-order valence-corrected chi connectivity index (χ1v) is 5.03. The summed E-state index contributed by atoms with van der Waals surface area (Å²) < 4.78 is 1.98. The van der Waals surface area contributed by atoms with E-state index in [0.717, 1.165) is 21.2 Å². The van der Waals surface area contributed by atoms with Crippen molar-refractivity contribution in [2.24, 2.45) is 5.73 Å². The predicted molar refractivity (Wildman–Crippen MR) is 53.4 cm³/mol. The summed E-state index contributed by atoms with van der Waals surface area (Å²) in [6.45, 7) is 2.06. The Morgan fingerprint density at radius 3 is 2.64 bits per heavy atom. The fourth-order valence-electron chi connectivity index (χ4n) is 0.842. The van der Waals surface area contributed by atoms with Crippen LogP contribution in [-0.4, -0.2) is 4.98 Å². The molecule has 0 saturated carbocycles. The van der Waals surface area contributed by atoms with E-state index in [2.05, 4.69) is 43.8 Å². The molecule has 0 saturated heterocycles. The number of rotatable bonds is 2. The summed E-state index contributed by atoms with van der Waals surface area (Å²) in [5.74, 6) is 0. The molecule has 0 unspecified atom stereocenters. The first kappa shape index (κ1) is 9.29. The molecule has 1 rings (SSSR count). The van der Waals surface area contributed by atoms with Crippen molar-refractivity contribution in [3.8, 4) is 0 Å². The Morgan fingerprint density at radius 2 is 2.27 bits per heavy atom. The van der Waals surface area contributed by atoms with Crippen LogP contribution >= 0.6 is 31.9 Å². The van der Waals surface area contributed by atoms with Gasteiger partial charge in [-0.15, -0.1) is 0 Å². The fraction of sp³-hybridized carbons (Fsp3) is 0.429. The molecular formula is C7H10Br2N2. The third-order valence-corrected chi connectivity index (χ3v) is 3.37. The van der Waals surface area contributed by atoms with Crippen LogP contribution in [0.2, 0.25) is 0 Å². The van der Waals surface area contributed by atoms with Crippen LogP contribution in [0.15, 0.2) is 15.1 Å². The van der Waals surface area contributed by atoms with Gasteiger partial charge in [-0.3, -0.25) is 0 Å². The third kappa shape index (κ3) is 2.07. The first-order chi connectivity index (χ1) is 5.15. The molecule has 2 nitrogen and oxygen atoms in total. The largest absolute Gasteiger partial charge is 0.351 e. The standard InChI is InChI=1S/C7H10Br2N2/c1-2-5(10)6-3-4(8)7(9)11-6/h3,5,11H,2,10H2,1H3/t5-/m0/s1. The molecular weight excluding hydrogens is 272 g/mol. The minimum Gasteiger partial charge on any atom is -0.351 e. The van der Waals surface area contributed by atoms with Gasteiger partial charge in [0.15, 0.2) is 0 Å². The average Bonchev–Trinajstić information content (AvgIpc) is 2.31. The summed E-state index contributed by atoms with van der Waals surface area (Å²) in [5, 5.41) is 0. The van der Waals surface area contributed by atoms with E-state index in [1.54, 1.807) is 0 Å². The first-order valence-electron chi connectivity index (χ1n) is 3.44. The molecule has 0 radical (unpaired) electrons. The molecule has 1 atom stereocenters. The molecule has 1 heterocycles. The normalized spacial score (nSPS) is 13.5. The van der Waals surface area contributed by atoms with Crippen molar-refractivity contribution in [2.45, 2.75) is 19.4 Å². The summed E-state index contributed by atoms with van der Waals surface area (Å²) in [5.41, 5.74) is 6.86. The van der Waals surface area contributed by atoms with Gasteiger partial charge in [-0.25, -0.2) is 0 Å². The fourth-order valence-corrected chi connectivity index (χ4v) is 1.53. The van der Waals surface area contributed by atoms with E-state index in [4.69, 9.17) is 5.73 Å². The number of aromatic amines is 1. The molecule has 3 N–H and O–H groups in total. The monoisotopic (exact) mass is 280 g/mol. The minimum atomic E-state index is 0.109. The number of H-pyrrole nitrogens is 1. The Bertz CT molecular complexity index is 225. The Hall–Kier alpha value is 0.200. The number of halogens is 2. The van der Waals surface area contributed by atoms with Crippen LogP contribution in [0.4, 0.5) is 0 Å². The van der Waals surface area contributed by atoms with E-state index in [0.29, 0.717) is 0 Å². The molecule has 0 bridgehead atoms. The van der Waals surface area contributed by atoms with Crippen molar-refractivity contribution < 1.29 is 0 Å². The van der Waals surface area contributed by atoms with Gasteiger partial charge in [0.05, 0.1) is 4.60 Å². The van der Waals surface area contributed by atoms with Gasteiger partial charge in [-0.2, -0.15) is 0 Å². The zero-order valence-electron chi connectivity index (χ0n) is 6.20. The molecule has 0 aliphatic rings.